The van der Waals surface area contributed by atoms with Gasteiger partial charge in [-0.3, -0.25) is 4.21 Å². The van der Waals surface area contributed by atoms with E-state index < -0.39 is 10.8 Å². The Morgan fingerprint density at radius 3 is 2.30 bits per heavy atom. The molecule has 1 atom stereocenters. The lowest BCUT2D eigenvalue weighted by Crippen LogP contribution is -2.03. The number of halogens is 1. The van der Waals surface area contributed by atoms with Crippen LogP contribution in [-0.4, -0.2) is 4.21 Å². The summed E-state index contributed by atoms with van der Waals surface area (Å²) in [6, 6.07) is 10.4. The predicted octanol–water partition coefficient (Wildman–Crippen LogP) is 3.47. The van der Waals surface area contributed by atoms with E-state index in [9.17, 15) is 8.60 Å². The van der Waals surface area contributed by atoms with Gasteiger partial charge in [-0.1, -0.05) is 35.4 Å². The zero-order valence-corrected chi connectivity index (χ0v) is 12.5. The summed E-state index contributed by atoms with van der Waals surface area (Å²) in [6.45, 7) is 4.05. The van der Waals surface area contributed by atoms with E-state index in [1.807, 2.05) is 26.0 Å². The summed E-state index contributed by atoms with van der Waals surface area (Å²) < 4.78 is 25.2. The van der Waals surface area contributed by atoms with Crippen LogP contribution >= 0.6 is 0 Å². The Morgan fingerprint density at radius 2 is 1.70 bits per heavy atom. The summed E-state index contributed by atoms with van der Waals surface area (Å²) in [7, 11) is -1.06. The Kier molecular flexibility index (Phi) is 4.55. The molecule has 4 heteroatoms. The molecule has 0 heterocycles. The molecular formula is C16H18FNOS. The zero-order chi connectivity index (χ0) is 14.7. The molecule has 0 aromatic heterocycles. The SMILES string of the molecule is Cc1cc(C)cc(CS(=O)Cc2ccc(F)cc2N)c1. The van der Waals surface area contributed by atoms with Crippen LogP contribution < -0.4 is 5.73 Å². The lowest BCUT2D eigenvalue weighted by Gasteiger charge is -2.07. The van der Waals surface area contributed by atoms with Gasteiger partial charge in [0.05, 0.1) is 5.75 Å². The van der Waals surface area contributed by atoms with Gasteiger partial charge >= 0.3 is 0 Å². The average Bonchev–Trinajstić information content (AvgIpc) is 2.31. The zero-order valence-electron chi connectivity index (χ0n) is 11.7. The van der Waals surface area contributed by atoms with Crippen LogP contribution in [0, 0.1) is 19.7 Å². The summed E-state index contributed by atoms with van der Waals surface area (Å²) in [5.41, 5.74) is 10.2. The minimum absolute atomic E-state index is 0.346. The molecule has 0 saturated carbocycles. The van der Waals surface area contributed by atoms with Gasteiger partial charge in [-0.15, -0.1) is 0 Å². The molecule has 0 spiro atoms. The van der Waals surface area contributed by atoms with Crippen LogP contribution in [0.3, 0.4) is 0 Å². The number of benzene rings is 2. The maximum Gasteiger partial charge on any atom is 0.125 e. The minimum atomic E-state index is -1.06. The van der Waals surface area contributed by atoms with Gasteiger partial charge in [0.1, 0.15) is 5.82 Å². The smallest absolute Gasteiger partial charge is 0.125 e. The summed E-state index contributed by atoms with van der Waals surface area (Å²) in [6.07, 6.45) is 0. The number of nitrogens with two attached hydrogens (primary N) is 1. The van der Waals surface area contributed by atoms with Crippen molar-refractivity contribution >= 4 is 16.5 Å². The first kappa shape index (κ1) is 14.7. The standard InChI is InChI=1S/C16H18FNOS/c1-11-5-12(2)7-13(6-11)9-20(19)10-14-3-4-15(17)8-16(14)18/h3-8H,9-10,18H2,1-2H3. The topological polar surface area (TPSA) is 43.1 Å². The van der Waals surface area contributed by atoms with Crippen LogP contribution in [0.4, 0.5) is 10.1 Å². The van der Waals surface area contributed by atoms with E-state index in [-0.39, 0.29) is 5.82 Å². The van der Waals surface area contributed by atoms with Crippen molar-refractivity contribution in [3.05, 3.63) is 64.5 Å². The molecule has 0 aliphatic rings. The second-order valence-corrected chi connectivity index (χ2v) is 6.52. The Bertz CT molecular complexity index is 635. The van der Waals surface area contributed by atoms with Gasteiger partial charge in [-0.2, -0.15) is 0 Å². The van der Waals surface area contributed by atoms with Crippen molar-refractivity contribution in [2.45, 2.75) is 25.4 Å². The highest BCUT2D eigenvalue weighted by atomic mass is 32.2. The quantitative estimate of drug-likeness (QED) is 0.876. The summed E-state index contributed by atoms with van der Waals surface area (Å²) in [5.74, 6) is 0.463. The van der Waals surface area contributed by atoms with Crippen LogP contribution in [0.1, 0.15) is 22.3 Å². The molecule has 0 aliphatic heterocycles. The molecule has 20 heavy (non-hydrogen) atoms. The van der Waals surface area contributed by atoms with E-state index in [2.05, 4.69) is 6.07 Å². The van der Waals surface area contributed by atoms with Crippen molar-refractivity contribution in [1.29, 1.82) is 0 Å². The molecular weight excluding hydrogens is 273 g/mol. The van der Waals surface area contributed by atoms with Crippen molar-refractivity contribution < 1.29 is 8.60 Å². The maximum absolute atomic E-state index is 13.0. The van der Waals surface area contributed by atoms with E-state index in [1.165, 1.54) is 23.3 Å². The van der Waals surface area contributed by atoms with Crippen molar-refractivity contribution in [3.63, 3.8) is 0 Å². The maximum atomic E-state index is 13.0. The van der Waals surface area contributed by atoms with Crippen LogP contribution in [0.2, 0.25) is 0 Å². The first-order chi connectivity index (χ1) is 9.44. The second kappa shape index (κ2) is 6.18. The molecule has 0 saturated heterocycles. The fourth-order valence-corrected chi connectivity index (χ4v) is 3.51. The molecule has 106 valence electrons. The van der Waals surface area contributed by atoms with Crippen LogP contribution in [0.5, 0.6) is 0 Å². The van der Waals surface area contributed by atoms with E-state index in [0.717, 1.165) is 11.1 Å². The first-order valence-corrected chi connectivity index (χ1v) is 7.89. The summed E-state index contributed by atoms with van der Waals surface area (Å²) in [5, 5.41) is 0. The third kappa shape index (κ3) is 3.90. The highest BCUT2D eigenvalue weighted by molar-refractivity contribution is 7.83. The van der Waals surface area contributed by atoms with Crippen LogP contribution in [0.25, 0.3) is 0 Å². The number of hydrogen-bond acceptors (Lipinski definition) is 2. The molecule has 1 unspecified atom stereocenters. The molecule has 0 fully saturated rings. The Balaban J connectivity index is 2.09. The molecule has 2 aromatic carbocycles. The molecule has 2 rings (SSSR count). The van der Waals surface area contributed by atoms with Crippen LogP contribution in [-0.2, 0) is 22.3 Å². The second-order valence-electron chi connectivity index (χ2n) is 5.07. The highest BCUT2D eigenvalue weighted by Gasteiger charge is 2.08. The van der Waals surface area contributed by atoms with Gasteiger partial charge in [-0.25, -0.2) is 4.39 Å². The third-order valence-electron chi connectivity index (χ3n) is 3.03. The van der Waals surface area contributed by atoms with Gasteiger partial charge in [0, 0.05) is 22.2 Å². The van der Waals surface area contributed by atoms with Crippen molar-refractivity contribution in [2.75, 3.05) is 5.73 Å². The average molecular weight is 291 g/mol. The third-order valence-corrected chi connectivity index (χ3v) is 4.32. The normalized spacial score (nSPS) is 12.3. The molecule has 2 N–H and O–H groups in total. The fourth-order valence-electron chi connectivity index (χ4n) is 2.26. The Hall–Kier alpha value is -1.68. The predicted molar refractivity (Wildman–Crippen MR) is 82.3 cm³/mol. The highest BCUT2D eigenvalue weighted by Crippen LogP contribution is 2.18. The molecule has 2 nitrogen and oxygen atoms in total. The molecule has 0 aliphatic carbocycles. The molecule has 0 amide bonds. The number of aryl methyl sites for hydroxylation is 2. The number of rotatable bonds is 4. The molecule has 0 radical (unpaired) electrons. The summed E-state index contributed by atoms with van der Waals surface area (Å²) in [4.78, 5) is 0. The van der Waals surface area contributed by atoms with E-state index in [4.69, 9.17) is 5.73 Å². The van der Waals surface area contributed by atoms with Crippen molar-refractivity contribution in [3.8, 4) is 0 Å². The minimum Gasteiger partial charge on any atom is -0.398 e. The van der Waals surface area contributed by atoms with Gasteiger partial charge in [-0.05, 0) is 37.1 Å². The van der Waals surface area contributed by atoms with Crippen molar-refractivity contribution in [2.24, 2.45) is 0 Å². The van der Waals surface area contributed by atoms with Gasteiger partial charge in [0.25, 0.3) is 0 Å². The van der Waals surface area contributed by atoms with E-state index in [0.29, 0.717) is 17.2 Å². The monoisotopic (exact) mass is 291 g/mol. The van der Waals surface area contributed by atoms with E-state index in [1.54, 1.807) is 6.07 Å². The van der Waals surface area contributed by atoms with Gasteiger partial charge in [0.15, 0.2) is 0 Å². The lowest BCUT2D eigenvalue weighted by molar-refractivity contribution is 0.628. The largest absolute Gasteiger partial charge is 0.398 e. The van der Waals surface area contributed by atoms with E-state index >= 15 is 0 Å². The summed E-state index contributed by atoms with van der Waals surface area (Å²) >= 11 is 0. The Morgan fingerprint density at radius 1 is 1.05 bits per heavy atom. The fraction of sp³-hybridized carbons (Fsp3) is 0.250. The molecule has 2 aromatic rings. The van der Waals surface area contributed by atoms with Gasteiger partial charge in [0.2, 0.25) is 0 Å². The number of anilines is 1. The Labute approximate surface area is 121 Å². The van der Waals surface area contributed by atoms with Crippen LogP contribution in [0.15, 0.2) is 36.4 Å². The number of hydrogen-bond donors (Lipinski definition) is 1. The lowest BCUT2D eigenvalue weighted by atomic mass is 10.1. The van der Waals surface area contributed by atoms with Gasteiger partial charge < -0.3 is 5.73 Å². The van der Waals surface area contributed by atoms with Crippen molar-refractivity contribution in [1.82, 2.24) is 0 Å². The number of nitrogen functional groups attached to an aromatic ring is 1. The molecule has 0 bridgehead atoms. The first-order valence-electron chi connectivity index (χ1n) is 6.40.